The van der Waals surface area contributed by atoms with Crippen molar-refractivity contribution in [3.05, 3.63) is 87.7 Å². The number of nitrogens with zero attached hydrogens (tertiary/aromatic N) is 2. The first-order chi connectivity index (χ1) is 11.1. The summed E-state index contributed by atoms with van der Waals surface area (Å²) in [4.78, 5) is 16.6. The molecule has 0 atom stereocenters. The molecule has 6 heteroatoms. The van der Waals surface area contributed by atoms with Crippen LogP contribution >= 0.6 is 23.4 Å². The van der Waals surface area contributed by atoms with E-state index in [0.717, 1.165) is 5.56 Å². The van der Waals surface area contributed by atoms with Gasteiger partial charge in [-0.1, -0.05) is 41.6 Å². The number of rotatable bonds is 4. The Morgan fingerprint density at radius 1 is 1.17 bits per heavy atom. The third kappa shape index (κ3) is 3.81. The average Bonchev–Trinajstić information content (AvgIpc) is 2.55. The van der Waals surface area contributed by atoms with Crippen LogP contribution in [0.25, 0.3) is 5.69 Å². The summed E-state index contributed by atoms with van der Waals surface area (Å²) in [6, 6.07) is 13.3. The second-order valence-electron chi connectivity index (χ2n) is 4.80. The number of hydrogen-bond donors (Lipinski definition) is 0. The molecule has 1 aromatic heterocycles. The fraction of sp³-hybridized carbons (Fsp3) is 0.0588. The highest BCUT2D eigenvalue weighted by molar-refractivity contribution is 7.98. The van der Waals surface area contributed by atoms with Gasteiger partial charge in [0.15, 0.2) is 5.03 Å². The second kappa shape index (κ2) is 6.98. The molecule has 3 rings (SSSR count). The Labute approximate surface area is 141 Å². The largest absolute Gasteiger partial charge is 0.287 e. The van der Waals surface area contributed by atoms with Crippen molar-refractivity contribution in [2.24, 2.45) is 0 Å². The summed E-state index contributed by atoms with van der Waals surface area (Å²) in [6.07, 6.45) is 3.07. The van der Waals surface area contributed by atoms with Crippen LogP contribution in [0.4, 0.5) is 4.39 Å². The van der Waals surface area contributed by atoms with Crippen molar-refractivity contribution in [2.45, 2.75) is 10.8 Å². The summed E-state index contributed by atoms with van der Waals surface area (Å²) in [7, 11) is 0. The lowest BCUT2D eigenvalue weighted by atomic mass is 10.2. The molecule has 3 nitrogen and oxygen atoms in total. The maximum Gasteiger partial charge on any atom is 0.287 e. The summed E-state index contributed by atoms with van der Waals surface area (Å²) in [5.74, 6) is 0.216. The molecule has 3 aromatic rings. The molecule has 0 aliphatic carbocycles. The number of halogens is 2. The van der Waals surface area contributed by atoms with E-state index in [0.29, 0.717) is 21.5 Å². The van der Waals surface area contributed by atoms with Gasteiger partial charge >= 0.3 is 0 Å². The number of thioether (sulfide) groups is 1. The molecule has 0 bridgehead atoms. The van der Waals surface area contributed by atoms with Crippen LogP contribution < -0.4 is 5.56 Å². The first-order valence-corrected chi connectivity index (χ1v) is 8.21. The quantitative estimate of drug-likeness (QED) is 0.660. The van der Waals surface area contributed by atoms with E-state index >= 15 is 0 Å². The number of hydrogen-bond acceptors (Lipinski definition) is 3. The van der Waals surface area contributed by atoms with Gasteiger partial charge in [0.2, 0.25) is 0 Å². The zero-order valence-corrected chi connectivity index (χ0v) is 13.5. The Morgan fingerprint density at radius 3 is 2.70 bits per heavy atom. The van der Waals surface area contributed by atoms with Crippen LogP contribution in [0.2, 0.25) is 5.02 Å². The van der Waals surface area contributed by atoms with Crippen molar-refractivity contribution < 1.29 is 4.39 Å². The van der Waals surface area contributed by atoms with Crippen LogP contribution in [0.3, 0.4) is 0 Å². The molecule has 0 fully saturated rings. The Hall–Kier alpha value is -2.11. The molecular weight excluding hydrogens is 335 g/mol. The normalized spacial score (nSPS) is 10.7. The first-order valence-electron chi connectivity index (χ1n) is 6.84. The fourth-order valence-electron chi connectivity index (χ4n) is 2.05. The molecule has 0 aliphatic heterocycles. The molecule has 0 saturated carbocycles. The van der Waals surface area contributed by atoms with Crippen molar-refractivity contribution in [1.82, 2.24) is 9.55 Å². The minimum atomic E-state index is -0.387. The summed E-state index contributed by atoms with van der Waals surface area (Å²) in [5.41, 5.74) is 1.25. The third-order valence-electron chi connectivity index (χ3n) is 3.18. The maximum absolute atomic E-state index is 13.3. The van der Waals surface area contributed by atoms with Crippen LogP contribution in [-0.2, 0) is 5.75 Å². The first kappa shape index (κ1) is 15.8. The monoisotopic (exact) mass is 346 g/mol. The van der Waals surface area contributed by atoms with Crippen LogP contribution in [0, 0.1) is 5.82 Å². The van der Waals surface area contributed by atoms with Gasteiger partial charge in [-0.25, -0.2) is 9.37 Å². The summed E-state index contributed by atoms with van der Waals surface area (Å²) in [5, 5.41) is 1.04. The van der Waals surface area contributed by atoms with E-state index in [9.17, 15) is 9.18 Å². The standard InChI is InChI=1S/C17H12ClFN2OS/c18-13-6-4-12(5-7-13)11-23-16-17(22)21(9-8-20-16)15-3-1-2-14(19)10-15/h1-10H,11H2. The molecule has 0 unspecified atom stereocenters. The number of benzene rings is 2. The lowest BCUT2D eigenvalue weighted by Gasteiger charge is -2.07. The van der Waals surface area contributed by atoms with Gasteiger partial charge in [-0.15, -0.1) is 0 Å². The van der Waals surface area contributed by atoms with Crippen molar-refractivity contribution in [3.8, 4) is 5.69 Å². The van der Waals surface area contributed by atoms with E-state index in [2.05, 4.69) is 4.98 Å². The zero-order valence-electron chi connectivity index (χ0n) is 11.9. The number of aromatic nitrogens is 2. The summed E-state index contributed by atoms with van der Waals surface area (Å²) in [6.45, 7) is 0. The van der Waals surface area contributed by atoms with Crippen LogP contribution in [0.15, 0.2) is 70.7 Å². The zero-order chi connectivity index (χ0) is 16.2. The molecule has 1 heterocycles. The van der Waals surface area contributed by atoms with E-state index in [1.165, 1.54) is 40.9 Å². The molecule has 0 radical (unpaired) electrons. The van der Waals surface area contributed by atoms with Gasteiger partial charge in [-0.3, -0.25) is 9.36 Å². The van der Waals surface area contributed by atoms with Gasteiger partial charge in [-0.2, -0.15) is 0 Å². The van der Waals surface area contributed by atoms with E-state index in [-0.39, 0.29) is 11.4 Å². The van der Waals surface area contributed by atoms with Crippen molar-refractivity contribution >= 4 is 23.4 Å². The van der Waals surface area contributed by atoms with Crippen LogP contribution in [-0.4, -0.2) is 9.55 Å². The Kier molecular flexibility index (Phi) is 4.79. The molecule has 0 aliphatic rings. The minimum absolute atomic E-state index is 0.267. The molecule has 23 heavy (non-hydrogen) atoms. The van der Waals surface area contributed by atoms with Gasteiger partial charge in [-0.05, 0) is 35.9 Å². The van der Waals surface area contributed by atoms with E-state index in [1.54, 1.807) is 24.3 Å². The highest BCUT2D eigenvalue weighted by atomic mass is 35.5. The highest BCUT2D eigenvalue weighted by Crippen LogP contribution is 2.20. The molecule has 2 aromatic carbocycles. The van der Waals surface area contributed by atoms with Gasteiger partial charge in [0.25, 0.3) is 5.56 Å². The molecule has 0 spiro atoms. The third-order valence-corrected chi connectivity index (χ3v) is 4.47. The molecule has 0 saturated heterocycles. The minimum Gasteiger partial charge on any atom is -0.280 e. The van der Waals surface area contributed by atoms with Crippen LogP contribution in [0.1, 0.15) is 5.56 Å². The Bertz CT molecular complexity index is 880. The molecule has 0 N–H and O–H groups in total. The van der Waals surface area contributed by atoms with E-state index < -0.39 is 0 Å². The maximum atomic E-state index is 13.3. The topological polar surface area (TPSA) is 34.9 Å². The Balaban J connectivity index is 1.85. The van der Waals surface area contributed by atoms with Gasteiger partial charge in [0, 0.05) is 23.2 Å². The van der Waals surface area contributed by atoms with Crippen molar-refractivity contribution in [2.75, 3.05) is 0 Å². The Morgan fingerprint density at radius 2 is 1.96 bits per heavy atom. The smallest absolute Gasteiger partial charge is 0.280 e. The fourth-order valence-corrected chi connectivity index (χ4v) is 3.03. The predicted octanol–water partition coefficient (Wildman–Crippen LogP) is 4.32. The highest BCUT2D eigenvalue weighted by Gasteiger charge is 2.08. The van der Waals surface area contributed by atoms with Gasteiger partial charge in [0.1, 0.15) is 5.82 Å². The van der Waals surface area contributed by atoms with Crippen molar-refractivity contribution in [1.29, 1.82) is 0 Å². The molecule has 116 valence electrons. The lowest BCUT2D eigenvalue weighted by Crippen LogP contribution is -2.20. The summed E-state index contributed by atoms with van der Waals surface area (Å²) < 4.78 is 14.7. The molecule has 0 amide bonds. The average molecular weight is 347 g/mol. The lowest BCUT2D eigenvalue weighted by molar-refractivity contribution is 0.626. The van der Waals surface area contributed by atoms with Gasteiger partial charge in [0.05, 0.1) is 5.69 Å². The SMILES string of the molecule is O=c1c(SCc2ccc(Cl)cc2)nccn1-c1cccc(F)c1. The summed E-state index contributed by atoms with van der Waals surface area (Å²) >= 11 is 7.19. The van der Waals surface area contributed by atoms with E-state index in [1.807, 2.05) is 12.1 Å². The van der Waals surface area contributed by atoms with E-state index in [4.69, 9.17) is 11.6 Å². The van der Waals surface area contributed by atoms with Crippen molar-refractivity contribution in [3.63, 3.8) is 0 Å². The predicted molar refractivity (Wildman–Crippen MR) is 90.8 cm³/mol. The van der Waals surface area contributed by atoms with Gasteiger partial charge < -0.3 is 0 Å². The van der Waals surface area contributed by atoms with Crippen LogP contribution in [0.5, 0.6) is 0 Å². The second-order valence-corrected chi connectivity index (χ2v) is 6.20. The molecular formula is C17H12ClFN2OS.